The summed E-state index contributed by atoms with van der Waals surface area (Å²) >= 11 is 1.67. The Labute approximate surface area is 116 Å². The summed E-state index contributed by atoms with van der Waals surface area (Å²) in [5.41, 5.74) is 1.52. The molecule has 0 bridgehead atoms. The lowest BCUT2D eigenvalue weighted by atomic mass is 10.2. The van der Waals surface area contributed by atoms with Crippen molar-refractivity contribution in [3.05, 3.63) is 59.7 Å². The van der Waals surface area contributed by atoms with Crippen molar-refractivity contribution in [3.63, 3.8) is 0 Å². The van der Waals surface area contributed by atoms with Crippen molar-refractivity contribution in [1.29, 1.82) is 0 Å². The number of rotatable bonds is 5. The minimum atomic E-state index is -0.897. The van der Waals surface area contributed by atoms with Crippen molar-refractivity contribution in [3.8, 4) is 5.75 Å². The van der Waals surface area contributed by atoms with Crippen molar-refractivity contribution >= 4 is 17.7 Å². The third-order valence-corrected chi connectivity index (χ3v) is 3.75. The van der Waals surface area contributed by atoms with Crippen LogP contribution in [0.15, 0.2) is 53.4 Å². The highest BCUT2D eigenvalue weighted by molar-refractivity contribution is 7.98. The molecule has 0 atom stereocenters. The molecule has 2 aromatic carbocycles. The average molecular weight is 274 g/mol. The number of carboxylic acid groups (broad SMARTS) is 1. The Kier molecular flexibility index (Phi) is 4.47. The van der Waals surface area contributed by atoms with Crippen molar-refractivity contribution in [1.82, 2.24) is 0 Å². The summed E-state index contributed by atoms with van der Waals surface area (Å²) < 4.78 is 5.11. The van der Waals surface area contributed by atoms with Gasteiger partial charge in [0.1, 0.15) is 5.75 Å². The van der Waals surface area contributed by atoms with E-state index in [0.29, 0.717) is 5.56 Å². The predicted molar refractivity (Wildman–Crippen MR) is 76.0 cm³/mol. The molecular formula is C15H14O3S. The molecule has 0 radical (unpaired) electrons. The van der Waals surface area contributed by atoms with Crippen LogP contribution in [0, 0.1) is 0 Å². The predicted octanol–water partition coefficient (Wildman–Crippen LogP) is 3.69. The molecule has 0 aromatic heterocycles. The number of carbonyl (C=O) groups is 1. The fourth-order valence-corrected chi connectivity index (χ4v) is 2.44. The van der Waals surface area contributed by atoms with Gasteiger partial charge in [-0.05, 0) is 42.0 Å². The summed E-state index contributed by atoms with van der Waals surface area (Å²) in [5, 5.41) is 8.81. The number of hydrogen-bond donors (Lipinski definition) is 1. The number of hydrogen-bond acceptors (Lipinski definition) is 3. The van der Waals surface area contributed by atoms with Gasteiger partial charge in [-0.2, -0.15) is 0 Å². The Balaban J connectivity index is 1.95. The number of benzene rings is 2. The van der Waals surface area contributed by atoms with E-state index < -0.39 is 5.97 Å². The van der Waals surface area contributed by atoms with Crippen LogP contribution in [0.2, 0.25) is 0 Å². The van der Waals surface area contributed by atoms with Crippen molar-refractivity contribution in [2.24, 2.45) is 0 Å². The number of aromatic carboxylic acids is 1. The van der Waals surface area contributed by atoms with Crippen LogP contribution < -0.4 is 4.74 Å². The van der Waals surface area contributed by atoms with Gasteiger partial charge >= 0.3 is 5.97 Å². The molecule has 2 aromatic rings. The highest BCUT2D eigenvalue weighted by atomic mass is 32.2. The second-order valence-electron chi connectivity index (χ2n) is 3.97. The molecular weight excluding hydrogens is 260 g/mol. The Hall–Kier alpha value is -1.94. The Morgan fingerprint density at radius 3 is 2.26 bits per heavy atom. The lowest BCUT2D eigenvalue weighted by molar-refractivity contribution is 0.0697. The molecule has 3 nitrogen and oxygen atoms in total. The van der Waals surface area contributed by atoms with Gasteiger partial charge in [-0.15, -0.1) is 11.8 Å². The second-order valence-corrected chi connectivity index (χ2v) is 5.02. The smallest absolute Gasteiger partial charge is 0.335 e. The molecule has 1 N–H and O–H groups in total. The summed E-state index contributed by atoms with van der Waals surface area (Å²) in [6, 6.07) is 14.8. The van der Waals surface area contributed by atoms with Gasteiger partial charge in [0.25, 0.3) is 0 Å². The largest absolute Gasteiger partial charge is 0.497 e. The molecule has 0 aliphatic heterocycles. The molecule has 4 heteroatoms. The molecule has 0 heterocycles. The van der Waals surface area contributed by atoms with Crippen molar-refractivity contribution < 1.29 is 14.6 Å². The molecule has 2 rings (SSSR count). The Morgan fingerprint density at radius 2 is 1.74 bits per heavy atom. The first kappa shape index (κ1) is 13.5. The topological polar surface area (TPSA) is 46.5 Å². The van der Waals surface area contributed by atoms with Gasteiger partial charge in [-0.25, -0.2) is 4.79 Å². The van der Waals surface area contributed by atoms with Gasteiger partial charge in [0.2, 0.25) is 0 Å². The average Bonchev–Trinajstić information content (AvgIpc) is 2.46. The van der Waals surface area contributed by atoms with E-state index in [1.54, 1.807) is 31.0 Å². The quantitative estimate of drug-likeness (QED) is 0.845. The molecule has 0 unspecified atom stereocenters. The zero-order valence-corrected chi connectivity index (χ0v) is 11.3. The Bertz CT molecular complexity index is 547. The third-order valence-electron chi connectivity index (χ3n) is 2.67. The van der Waals surface area contributed by atoms with E-state index in [-0.39, 0.29) is 0 Å². The van der Waals surface area contributed by atoms with E-state index in [4.69, 9.17) is 9.84 Å². The van der Waals surface area contributed by atoms with Gasteiger partial charge < -0.3 is 9.84 Å². The summed E-state index contributed by atoms with van der Waals surface area (Å²) in [4.78, 5) is 11.8. The van der Waals surface area contributed by atoms with E-state index in [1.807, 2.05) is 36.4 Å². The normalized spacial score (nSPS) is 10.2. The van der Waals surface area contributed by atoms with E-state index >= 15 is 0 Å². The van der Waals surface area contributed by atoms with Crippen LogP contribution in [0.5, 0.6) is 5.75 Å². The van der Waals surface area contributed by atoms with Gasteiger partial charge in [0.05, 0.1) is 12.7 Å². The molecule has 0 saturated carbocycles. The van der Waals surface area contributed by atoms with E-state index in [1.165, 1.54) is 5.56 Å². The monoisotopic (exact) mass is 274 g/mol. The van der Waals surface area contributed by atoms with E-state index in [2.05, 4.69) is 0 Å². The van der Waals surface area contributed by atoms with Crippen molar-refractivity contribution in [2.75, 3.05) is 7.11 Å². The van der Waals surface area contributed by atoms with Crippen LogP contribution in [0.4, 0.5) is 0 Å². The van der Waals surface area contributed by atoms with Gasteiger partial charge in [0, 0.05) is 10.6 Å². The summed E-state index contributed by atoms with van der Waals surface area (Å²) in [6.45, 7) is 0. The number of ether oxygens (including phenoxy) is 1. The fourth-order valence-electron chi connectivity index (χ4n) is 1.58. The maximum Gasteiger partial charge on any atom is 0.335 e. The lowest BCUT2D eigenvalue weighted by Gasteiger charge is -2.04. The summed E-state index contributed by atoms with van der Waals surface area (Å²) in [5.74, 6) is 0.794. The molecule has 0 fully saturated rings. The minimum Gasteiger partial charge on any atom is -0.497 e. The number of carboxylic acids is 1. The first-order valence-electron chi connectivity index (χ1n) is 5.78. The molecule has 98 valence electrons. The van der Waals surface area contributed by atoms with Crippen LogP contribution in [-0.2, 0) is 5.75 Å². The van der Waals surface area contributed by atoms with Crippen LogP contribution in [-0.4, -0.2) is 18.2 Å². The van der Waals surface area contributed by atoms with Gasteiger partial charge in [-0.1, -0.05) is 12.1 Å². The minimum absolute atomic E-state index is 0.314. The highest BCUT2D eigenvalue weighted by Gasteiger charge is 2.02. The van der Waals surface area contributed by atoms with Crippen LogP contribution in [0.25, 0.3) is 0 Å². The lowest BCUT2D eigenvalue weighted by Crippen LogP contribution is -1.94. The standard InChI is InChI=1S/C15H14O3S/c1-18-13-6-2-11(3-7-13)10-19-14-8-4-12(5-9-14)15(16)17/h2-9H,10H2,1H3,(H,16,17). The molecule has 19 heavy (non-hydrogen) atoms. The fraction of sp³-hybridized carbons (Fsp3) is 0.133. The first-order valence-corrected chi connectivity index (χ1v) is 6.76. The SMILES string of the molecule is COc1ccc(CSc2ccc(C(=O)O)cc2)cc1. The second kappa shape index (κ2) is 6.29. The van der Waals surface area contributed by atoms with Crippen LogP contribution >= 0.6 is 11.8 Å². The highest BCUT2D eigenvalue weighted by Crippen LogP contribution is 2.24. The number of methoxy groups -OCH3 is 1. The molecule has 0 aliphatic carbocycles. The van der Waals surface area contributed by atoms with Gasteiger partial charge in [0.15, 0.2) is 0 Å². The summed E-state index contributed by atoms with van der Waals surface area (Å²) in [7, 11) is 1.65. The maximum atomic E-state index is 10.7. The van der Waals surface area contributed by atoms with E-state index in [9.17, 15) is 4.79 Å². The zero-order valence-electron chi connectivity index (χ0n) is 10.5. The Morgan fingerprint density at radius 1 is 1.11 bits per heavy atom. The van der Waals surface area contributed by atoms with Crippen molar-refractivity contribution in [2.45, 2.75) is 10.6 Å². The first-order chi connectivity index (χ1) is 9.19. The molecule has 0 saturated heterocycles. The zero-order chi connectivity index (χ0) is 13.7. The van der Waals surface area contributed by atoms with Crippen LogP contribution in [0.3, 0.4) is 0 Å². The molecule has 0 amide bonds. The molecule has 0 spiro atoms. The summed E-state index contributed by atoms with van der Waals surface area (Å²) in [6.07, 6.45) is 0. The third kappa shape index (κ3) is 3.76. The molecule has 0 aliphatic rings. The van der Waals surface area contributed by atoms with E-state index in [0.717, 1.165) is 16.4 Å². The number of thioether (sulfide) groups is 1. The maximum absolute atomic E-state index is 10.7. The van der Waals surface area contributed by atoms with Crippen LogP contribution in [0.1, 0.15) is 15.9 Å². The van der Waals surface area contributed by atoms with Gasteiger partial charge in [-0.3, -0.25) is 0 Å².